The summed E-state index contributed by atoms with van der Waals surface area (Å²) in [7, 11) is 0. The molecule has 0 fully saturated rings. The first-order chi connectivity index (χ1) is 10.2. The molecule has 0 saturated heterocycles. The lowest BCUT2D eigenvalue weighted by atomic mass is 10.1. The van der Waals surface area contributed by atoms with E-state index in [0.29, 0.717) is 0 Å². The average Bonchev–Trinajstić information content (AvgIpc) is 2.48. The van der Waals surface area contributed by atoms with Crippen molar-refractivity contribution in [1.29, 1.82) is 0 Å². The molecule has 0 bridgehead atoms. The van der Waals surface area contributed by atoms with Crippen molar-refractivity contribution in [3.8, 4) is 5.75 Å². The smallest absolute Gasteiger partial charge is 0.134 e. The summed E-state index contributed by atoms with van der Waals surface area (Å²) in [5, 5.41) is 0. The van der Waals surface area contributed by atoms with Gasteiger partial charge in [-0.3, -0.25) is 0 Å². The molecule has 1 nitrogen and oxygen atoms in total. The van der Waals surface area contributed by atoms with Gasteiger partial charge in [0.2, 0.25) is 0 Å². The van der Waals surface area contributed by atoms with Crippen molar-refractivity contribution in [2.45, 2.75) is 71.1 Å². The van der Waals surface area contributed by atoms with Gasteiger partial charge in [-0.25, -0.2) is 0 Å². The average molecular weight is 420 g/mol. The maximum absolute atomic E-state index is 5.81. The van der Waals surface area contributed by atoms with Crippen LogP contribution in [0.3, 0.4) is 0 Å². The molecule has 1 aromatic carbocycles. The number of unbranched alkanes of at least 4 members (excludes halogenated alkanes) is 9. The van der Waals surface area contributed by atoms with Gasteiger partial charge in [0.1, 0.15) is 5.75 Å². The molecular weight excluding hydrogens is 392 g/mol. The highest BCUT2D eigenvalue weighted by Gasteiger charge is 2.01. The van der Waals surface area contributed by atoms with E-state index in [-0.39, 0.29) is 0 Å². The van der Waals surface area contributed by atoms with Gasteiger partial charge in [0.15, 0.2) is 0 Å². The van der Waals surface area contributed by atoms with E-state index in [1.807, 2.05) is 18.2 Å². The topological polar surface area (TPSA) is 9.23 Å². The van der Waals surface area contributed by atoms with Crippen LogP contribution < -0.4 is 4.74 Å². The molecule has 0 spiro atoms. The summed E-state index contributed by atoms with van der Waals surface area (Å²) in [4.78, 5) is 0. The van der Waals surface area contributed by atoms with Gasteiger partial charge in [-0.15, -0.1) is 0 Å². The standard InChI is InChI=1S/C18H28Br2O/c1-2-3-4-5-6-7-8-9-10-11-14-21-18-15-16(19)12-13-17(18)20/h12-13,15H,2-11,14H2,1H3. The zero-order valence-electron chi connectivity index (χ0n) is 13.2. The molecule has 0 aromatic heterocycles. The van der Waals surface area contributed by atoms with E-state index < -0.39 is 0 Å². The molecule has 0 radical (unpaired) electrons. The van der Waals surface area contributed by atoms with Crippen LogP contribution in [0, 0.1) is 0 Å². The molecule has 0 atom stereocenters. The summed E-state index contributed by atoms with van der Waals surface area (Å²) < 4.78 is 7.90. The van der Waals surface area contributed by atoms with Gasteiger partial charge in [-0.1, -0.05) is 80.6 Å². The van der Waals surface area contributed by atoms with Crippen LogP contribution in [-0.2, 0) is 0 Å². The molecule has 0 aliphatic carbocycles. The van der Waals surface area contributed by atoms with Crippen LogP contribution >= 0.6 is 31.9 Å². The Kier molecular flexibility index (Phi) is 11.3. The summed E-state index contributed by atoms with van der Waals surface area (Å²) in [6.45, 7) is 3.08. The summed E-state index contributed by atoms with van der Waals surface area (Å²) in [5.41, 5.74) is 0. The molecule has 0 amide bonds. The number of hydrogen-bond acceptors (Lipinski definition) is 1. The zero-order valence-corrected chi connectivity index (χ0v) is 16.3. The third-order valence-electron chi connectivity index (χ3n) is 3.65. The number of rotatable bonds is 12. The van der Waals surface area contributed by atoms with Crippen molar-refractivity contribution in [2.24, 2.45) is 0 Å². The Morgan fingerprint density at radius 3 is 2.00 bits per heavy atom. The first kappa shape index (κ1) is 19.0. The maximum atomic E-state index is 5.81. The van der Waals surface area contributed by atoms with E-state index in [4.69, 9.17) is 4.74 Å². The summed E-state index contributed by atoms with van der Waals surface area (Å²) >= 11 is 6.98. The van der Waals surface area contributed by atoms with Gasteiger partial charge in [0.05, 0.1) is 11.1 Å². The van der Waals surface area contributed by atoms with Crippen LogP contribution in [0.4, 0.5) is 0 Å². The SMILES string of the molecule is CCCCCCCCCCCCOc1cc(Br)ccc1Br. The second-order valence-corrected chi connectivity index (χ2v) is 7.38. The van der Waals surface area contributed by atoms with Gasteiger partial charge in [-0.2, -0.15) is 0 Å². The fourth-order valence-corrected chi connectivity index (χ4v) is 3.06. The van der Waals surface area contributed by atoms with Gasteiger partial charge >= 0.3 is 0 Å². The van der Waals surface area contributed by atoms with Gasteiger partial charge < -0.3 is 4.74 Å². The molecule has 0 aliphatic rings. The zero-order chi connectivity index (χ0) is 15.3. The second-order valence-electron chi connectivity index (χ2n) is 5.61. The first-order valence-corrected chi connectivity index (χ1v) is 9.90. The fraction of sp³-hybridized carbons (Fsp3) is 0.667. The van der Waals surface area contributed by atoms with Crippen molar-refractivity contribution in [3.63, 3.8) is 0 Å². The van der Waals surface area contributed by atoms with E-state index in [1.165, 1.54) is 57.8 Å². The molecule has 0 saturated carbocycles. The molecule has 1 rings (SSSR count). The van der Waals surface area contributed by atoms with E-state index in [0.717, 1.165) is 27.7 Å². The molecule has 120 valence electrons. The first-order valence-electron chi connectivity index (χ1n) is 8.32. The predicted octanol–water partition coefficient (Wildman–Crippen LogP) is 7.51. The van der Waals surface area contributed by atoms with Crippen LogP contribution in [0.25, 0.3) is 0 Å². The lowest BCUT2D eigenvalue weighted by Gasteiger charge is -2.08. The second kappa shape index (κ2) is 12.5. The third kappa shape index (κ3) is 9.57. The van der Waals surface area contributed by atoms with Crippen LogP contribution in [0.5, 0.6) is 5.75 Å². The number of benzene rings is 1. The lowest BCUT2D eigenvalue weighted by molar-refractivity contribution is 0.302. The largest absolute Gasteiger partial charge is 0.492 e. The Morgan fingerprint density at radius 2 is 1.38 bits per heavy atom. The Labute approximate surface area is 147 Å². The fourth-order valence-electron chi connectivity index (χ4n) is 2.36. The summed E-state index contributed by atoms with van der Waals surface area (Å²) in [6.07, 6.45) is 13.6. The lowest BCUT2D eigenvalue weighted by Crippen LogP contribution is -1.98. The maximum Gasteiger partial charge on any atom is 0.134 e. The van der Waals surface area contributed by atoms with Crippen LogP contribution in [0.2, 0.25) is 0 Å². The van der Waals surface area contributed by atoms with Crippen LogP contribution in [0.15, 0.2) is 27.1 Å². The van der Waals surface area contributed by atoms with E-state index in [9.17, 15) is 0 Å². The number of hydrogen-bond donors (Lipinski definition) is 0. The van der Waals surface area contributed by atoms with Crippen molar-refractivity contribution >= 4 is 31.9 Å². The van der Waals surface area contributed by atoms with Gasteiger partial charge in [-0.05, 0) is 40.5 Å². The minimum absolute atomic E-state index is 0.811. The molecule has 0 N–H and O–H groups in total. The number of ether oxygens (including phenoxy) is 1. The molecule has 0 heterocycles. The van der Waals surface area contributed by atoms with Crippen molar-refractivity contribution in [2.75, 3.05) is 6.61 Å². The Balaban J connectivity index is 1.94. The molecular formula is C18H28Br2O. The van der Waals surface area contributed by atoms with E-state index in [1.54, 1.807) is 0 Å². The quantitative estimate of drug-likeness (QED) is 0.318. The van der Waals surface area contributed by atoms with E-state index >= 15 is 0 Å². The normalized spacial score (nSPS) is 10.8. The van der Waals surface area contributed by atoms with Crippen molar-refractivity contribution < 1.29 is 4.74 Å². The predicted molar refractivity (Wildman–Crippen MR) is 99.2 cm³/mol. The minimum atomic E-state index is 0.811. The van der Waals surface area contributed by atoms with Crippen molar-refractivity contribution in [1.82, 2.24) is 0 Å². The highest BCUT2D eigenvalue weighted by molar-refractivity contribution is 9.11. The Morgan fingerprint density at radius 1 is 0.810 bits per heavy atom. The minimum Gasteiger partial charge on any atom is -0.492 e. The monoisotopic (exact) mass is 418 g/mol. The molecule has 3 heteroatoms. The highest BCUT2D eigenvalue weighted by Crippen LogP contribution is 2.28. The molecule has 21 heavy (non-hydrogen) atoms. The highest BCUT2D eigenvalue weighted by atomic mass is 79.9. The van der Waals surface area contributed by atoms with Crippen LogP contribution in [-0.4, -0.2) is 6.61 Å². The molecule has 1 aromatic rings. The Bertz CT molecular complexity index is 379. The summed E-state index contributed by atoms with van der Waals surface area (Å²) in [6, 6.07) is 6.04. The van der Waals surface area contributed by atoms with Gasteiger partial charge in [0.25, 0.3) is 0 Å². The van der Waals surface area contributed by atoms with Gasteiger partial charge in [0, 0.05) is 4.47 Å². The van der Waals surface area contributed by atoms with Crippen LogP contribution in [0.1, 0.15) is 71.1 Å². The Hall–Kier alpha value is -0.0200. The number of halogens is 2. The third-order valence-corrected chi connectivity index (χ3v) is 4.80. The molecule has 0 unspecified atom stereocenters. The van der Waals surface area contributed by atoms with E-state index in [2.05, 4.69) is 38.8 Å². The molecule has 0 aliphatic heterocycles. The summed E-state index contributed by atoms with van der Waals surface area (Å²) in [5.74, 6) is 0.931. The van der Waals surface area contributed by atoms with Crippen molar-refractivity contribution in [3.05, 3.63) is 27.1 Å².